The summed E-state index contributed by atoms with van der Waals surface area (Å²) in [7, 11) is 0. The van der Waals surface area contributed by atoms with E-state index >= 15 is 0 Å². The van der Waals surface area contributed by atoms with Gasteiger partial charge in [-0.1, -0.05) is 20.3 Å². The summed E-state index contributed by atoms with van der Waals surface area (Å²) in [5.41, 5.74) is -2.86. The minimum atomic E-state index is -5.31. The molecule has 3 aliphatic carbocycles. The average molecular weight is 679 g/mol. The Kier molecular flexibility index (Phi) is 7.59. The fraction of sp³-hybridized carbons (Fsp3) is 0.516. The number of Topliss-reactive ketones (excluding diaryl/α,β-unsaturated/α-hetero) is 2. The highest BCUT2D eigenvalue weighted by Crippen LogP contribution is 2.64. The van der Waals surface area contributed by atoms with Crippen molar-refractivity contribution < 1.29 is 62.3 Å². The Hall–Kier alpha value is -4.64. The van der Waals surface area contributed by atoms with E-state index in [2.05, 4.69) is 4.74 Å². The Morgan fingerprint density at radius 2 is 1.79 bits per heavy atom. The molecule has 0 bridgehead atoms. The molecule has 5 aliphatic rings. The predicted octanol–water partition coefficient (Wildman–Crippen LogP) is 1.97. The monoisotopic (exact) mass is 678 g/mol. The molecule has 0 radical (unpaired) electrons. The number of primary amides is 1. The van der Waals surface area contributed by atoms with Gasteiger partial charge in [-0.05, 0) is 38.1 Å². The van der Waals surface area contributed by atoms with Crippen LogP contribution in [0.25, 0.3) is 5.76 Å². The SMILES string of the molecule is CCCCN1CC(=O)N(c2cc(OC(F)(F)F)c3c(c2O)C(O)=C2C(=O)[C@]4(O)C(O)=C(C(N)=O)C(=O)[C@H]5N(CCC)C[C@]54C[C@@H]2C3)C1=O. The van der Waals surface area contributed by atoms with Gasteiger partial charge in [-0.2, -0.15) is 0 Å². The molecule has 14 nitrogen and oxygen atoms in total. The molecule has 258 valence electrons. The highest BCUT2D eigenvalue weighted by Gasteiger charge is 2.77. The highest BCUT2D eigenvalue weighted by molar-refractivity contribution is 6.26. The fourth-order valence-electron chi connectivity index (χ4n) is 8.17. The summed E-state index contributed by atoms with van der Waals surface area (Å²) >= 11 is 0. The average Bonchev–Trinajstić information content (AvgIpc) is 3.25. The van der Waals surface area contributed by atoms with E-state index < -0.39 is 123 Å². The number of halogens is 3. The first-order chi connectivity index (χ1) is 22.4. The number of amides is 4. The molecule has 48 heavy (non-hydrogen) atoms. The van der Waals surface area contributed by atoms with Gasteiger partial charge < -0.3 is 35.8 Å². The van der Waals surface area contributed by atoms with E-state index in [-0.39, 0.29) is 19.5 Å². The van der Waals surface area contributed by atoms with Gasteiger partial charge in [-0.25, -0.2) is 9.69 Å². The number of nitrogens with zero attached hydrogens (tertiary/aromatic N) is 3. The number of unbranched alkanes of at least 4 members (excludes halogenated alkanes) is 1. The Balaban J connectivity index is 1.55. The lowest BCUT2D eigenvalue weighted by Gasteiger charge is -2.66. The van der Waals surface area contributed by atoms with Crippen LogP contribution in [0.15, 0.2) is 23.0 Å². The van der Waals surface area contributed by atoms with Crippen molar-refractivity contribution in [3.63, 3.8) is 0 Å². The predicted molar refractivity (Wildman–Crippen MR) is 157 cm³/mol. The van der Waals surface area contributed by atoms with Crippen molar-refractivity contribution in [3.05, 3.63) is 34.1 Å². The number of fused-ring (bicyclic) bond motifs is 2. The molecule has 6 N–H and O–H groups in total. The molecule has 1 aromatic rings. The number of urea groups is 1. The number of benzene rings is 1. The molecule has 1 aromatic carbocycles. The number of aliphatic hydroxyl groups is 3. The zero-order valence-corrected chi connectivity index (χ0v) is 25.9. The second kappa shape index (κ2) is 10.9. The molecule has 4 amide bonds. The molecular weight excluding hydrogens is 645 g/mol. The molecule has 2 aliphatic heterocycles. The van der Waals surface area contributed by atoms with Gasteiger partial charge in [-0.15, -0.1) is 13.2 Å². The van der Waals surface area contributed by atoms with E-state index in [1.54, 1.807) is 11.8 Å². The summed E-state index contributed by atoms with van der Waals surface area (Å²) in [4.78, 5) is 69.5. The number of phenolic OH excluding ortho intramolecular Hbond substituents is 1. The lowest BCUT2D eigenvalue weighted by atomic mass is 9.45. The van der Waals surface area contributed by atoms with Crippen molar-refractivity contribution >= 4 is 40.9 Å². The molecule has 3 fully saturated rings. The zero-order valence-electron chi connectivity index (χ0n) is 25.9. The molecule has 4 atom stereocenters. The quantitative estimate of drug-likeness (QED) is 0.198. The van der Waals surface area contributed by atoms with Gasteiger partial charge in [0.15, 0.2) is 17.1 Å². The molecule has 6 rings (SSSR count). The standard InChI is InChI=1S/C31H33F3N4O10/c1-3-5-7-36-11-17(39)38(28(36)46)15-9-16(48-31(32,33)34)14-8-13-10-29-12-37(6-4-2)24(29)23(42)20(27(35)45)26(44)30(29,47)25(43)18(13)22(41)19(14)21(15)40/h9,13,24,40-41,44,47H,3-8,10-12H2,1-2H3,(H2,35,45)/t13-,24+,29+,30-/m0/s1. The summed E-state index contributed by atoms with van der Waals surface area (Å²) in [5, 5.41) is 46.3. The summed E-state index contributed by atoms with van der Waals surface area (Å²) in [6, 6.07) is -1.59. The number of phenols is 1. The van der Waals surface area contributed by atoms with Crippen LogP contribution in [0.1, 0.15) is 50.7 Å². The van der Waals surface area contributed by atoms with Crippen LogP contribution < -0.4 is 15.4 Å². The van der Waals surface area contributed by atoms with Gasteiger partial charge in [0.2, 0.25) is 5.78 Å². The molecule has 1 saturated carbocycles. The first kappa shape index (κ1) is 33.3. The number of rotatable bonds is 8. The van der Waals surface area contributed by atoms with E-state index in [0.717, 1.165) is 4.90 Å². The van der Waals surface area contributed by atoms with Gasteiger partial charge in [0.1, 0.15) is 29.4 Å². The molecule has 0 unspecified atom stereocenters. The van der Waals surface area contributed by atoms with Crippen molar-refractivity contribution in [2.24, 2.45) is 17.1 Å². The van der Waals surface area contributed by atoms with Gasteiger partial charge in [0.25, 0.3) is 11.8 Å². The third-order valence-corrected chi connectivity index (χ3v) is 10.1. The van der Waals surface area contributed by atoms with E-state index in [9.17, 15) is 57.6 Å². The minimum absolute atomic E-state index is 0.128. The van der Waals surface area contributed by atoms with Gasteiger partial charge in [0, 0.05) is 30.3 Å². The number of hydrogen-bond acceptors (Lipinski definition) is 11. The number of aromatic hydroxyl groups is 1. The lowest BCUT2D eigenvalue weighted by molar-refractivity contribution is -0.275. The van der Waals surface area contributed by atoms with Crippen molar-refractivity contribution in [2.45, 2.75) is 64.0 Å². The van der Waals surface area contributed by atoms with E-state index in [1.165, 1.54) is 0 Å². The Morgan fingerprint density at radius 3 is 2.40 bits per heavy atom. The maximum absolute atomic E-state index is 14.3. The van der Waals surface area contributed by atoms with Crippen molar-refractivity contribution in [2.75, 3.05) is 31.1 Å². The first-order valence-corrected chi connectivity index (χ1v) is 15.4. The molecule has 0 aromatic heterocycles. The van der Waals surface area contributed by atoms with Crippen LogP contribution in [0.5, 0.6) is 11.5 Å². The first-order valence-electron chi connectivity index (χ1n) is 15.4. The molecule has 1 spiro atoms. The van der Waals surface area contributed by atoms with Crippen LogP contribution >= 0.6 is 0 Å². The van der Waals surface area contributed by atoms with Gasteiger partial charge >= 0.3 is 12.4 Å². The fourth-order valence-corrected chi connectivity index (χ4v) is 8.17. The number of likely N-dealkylation sites (tertiary alicyclic amines) is 1. The molecule has 2 heterocycles. The van der Waals surface area contributed by atoms with Crippen LogP contribution in [-0.4, -0.2) is 104 Å². The van der Waals surface area contributed by atoms with E-state index in [1.807, 2.05) is 6.92 Å². The maximum atomic E-state index is 14.3. The number of aliphatic hydroxyl groups excluding tert-OH is 2. The number of imide groups is 1. The largest absolute Gasteiger partial charge is 0.573 e. The number of nitrogens with two attached hydrogens (primary N) is 1. The summed E-state index contributed by atoms with van der Waals surface area (Å²) in [6.45, 7) is 3.51. The number of alkyl halides is 3. The van der Waals surface area contributed by atoms with Crippen LogP contribution in [0.3, 0.4) is 0 Å². The van der Waals surface area contributed by atoms with Crippen LogP contribution in [0.2, 0.25) is 0 Å². The number of carbonyl (C=O) groups excluding carboxylic acids is 5. The Morgan fingerprint density at radius 1 is 1.10 bits per heavy atom. The molecule has 2 saturated heterocycles. The van der Waals surface area contributed by atoms with Gasteiger partial charge in [0.05, 0.1) is 22.7 Å². The van der Waals surface area contributed by atoms with Crippen LogP contribution in [0, 0.1) is 11.3 Å². The van der Waals surface area contributed by atoms with Crippen LogP contribution in [-0.2, 0) is 25.6 Å². The normalized spacial score (nSPS) is 28.7. The summed E-state index contributed by atoms with van der Waals surface area (Å²) < 4.78 is 45.5. The van der Waals surface area contributed by atoms with Crippen LogP contribution in [0.4, 0.5) is 23.7 Å². The minimum Gasteiger partial charge on any atom is -0.508 e. The Labute approximate surface area is 270 Å². The van der Waals surface area contributed by atoms with E-state index in [4.69, 9.17) is 5.73 Å². The third kappa shape index (κ3) is 4.36. The lowest BCUT2D eigenvalue weighted by Crippen LogP contribution is -2.82. The number of anilines is 1. The van der Waals surface area contributed by atoms with Crippen molar-refractivity contribution in [1.82, 2.24) is 9.80 Å². The maximum Gasteiger partial charge on any atom is 0.573 e. The van der Waals surface area contributed by atoms with Crippen molar-refractivity contribution in [3.8, 4) is 11.5 Å². The smallest absolute Gasteiger partial charge is 0.508 e. The summed E-state index contributed by atoms with van der Waals surface area (Å²) in [5.74, 6) is -10.1. The number of ether oxygens (including phenoxy) is 1. The molecular formula is C31H33F3N4O10. The highest BCUT2D eigenvalue weighted by atomic mass is 19.4. The molecule has 17 heteroatoms. The zero-order chi connectivity index (χ0) is 35.2. The topological polar surface area (TPSA) is 211 Å². The van der Waals surface area contributed by atoms with Gasteiger partial charge in [-0.3, -0.25) is 24.1 Å². The number of hydrogen-bond donors (Lipinski definition) is 5. The number of ketones is 2. The van der Waals surface area contributed by atoms with Crippen molar-refractivity contribution in [1.29, 1.82) is 0 Å². The third-order valence-electron chi connectivity index (χ3n) is 10.1. The van der Waals surface area contributed by atoms with E-state index in [0.29, 0.717) is 36.8 Å². The second-order valence-electron chi connectivity index (χ2n) is 12.8. The Bertz CT molecular complexity index is 1760. The number of carbonyl (C=O) groups is 5. The summed E-state index contributed by atoms with van der Waals surface area (Å²) in [6.07, 6.45) is -4.45. The second-order valence-corrected chi connectivity index (χ2v) is 12.8.